The van der Waals surface area contributed by atoms with Crippen molar-refractivity contribution in [3.63, 3.8) is 0 Å². The molecule has 0 aromatic heterocycles. The second-order valence-electron chi connectivity index (χ2n) is 2.81. The molecule has 1 aliphatic rings. The van der Waals surface area contributed by atoms with E-state index in [1.54, 1.807) is 0 Å². The lowest BCUT2D eigenvalue weighted by molar-refractivity contribution is -0.176. The lowest BCUT2D eigenvalue weighted by Gasteiger charge is -2.21. The second kappa shape index (κ2) is 6.38. The molecular formula is C5H12F2O4P4. The lowest BCUT2D eigenvalue weighted by atomic mass is 10.1. The first-order valence-electron chi connectivity index (χ1n) is 3.89. The van der Waals surface area contributed by atoms with Crippen molar-refractivity contribution in [1.29, 1.82) is 0 Å². The molecule has 15 heavy (non-hydrogen) atoms. The molecule has 0 saturated carbocycles. The van der Waals surface area contributed by atoms with Crippen LogP contribution in [0.3, 0.4) is 0 Å². The molecule has 0 aromatic rings. The maximum Gasteiger partial charge on any atom is 0.326 e. The molecule has 0 aromatic carbocycles. The molecule has 10 heteroatoms. The molecular weight excluding hydrogens is 286 g/mol. The molecule has 0 bridgehead atoms. The third-order valence-corrected chi connectivity index (χ3v) is 3.16. The smallest absolute Gasteiger partial charge is 0.326 e. The SMILES string of the molecule is FC1(F)C(OP)[C@@H](COP)O[C@H]1OPP. The van der Waals surface area contributed by atoms with Gasteiger partial charge >= 0.3 is 5.92 Å². The number of ether oxygens (including phenoxy) is 1. The summed E-state index contributed by atoms with van der Waals surface area (Å²) in [6.07, 6.45) is -3.81. The van der Waals surface area contributed by atoms with Gasteiger partial charge in [0, 0.05) is 27.4 Å². The maximum absolute atomic E-state index is 13.6. The van der Waals surface area contributed by atoms with Gasteiger partial charge in [-0.15, -0.1) is 0 Å². The van der Waals surface area contributed by atoms with Gasteiger partial charge in [0.2, 0.25) is 6.29 Å². The van der Waals surface area contributed by atoms with Crippen molar-refractivity contribution < 1.29 is 27.1 Å². The van der Waals surface area contributed by atoms with Crippen LogP contribution < -0.4 is 0 Å². The molecule has 0 N–H and O–H groups in total. The van der Waals surface area contributed by atoms with Crippen molar-refractivity contribution in [2.75, 3.05) is 6.61 Å². The van der Waals surface area contributed by atoms with Gasteiger partial charge in [0.1, 0.15) is 6.10 Å². The van der Waals surface area contributed by atoms with Crippen molar-refractivity contribution in [3.8, 4) is 0 Å². The van der Waals surface area contributed by atoms with Crippen LogP contribution in [-0.4, -0.2) is 31.0 Å². The van der Waals surface area contributed by atoms with E-state index in [1.807, 2.05) is 18.9 Å². The number of hydrogen-bond acceptors (Lipinski definition) is 4. The van der Waals surface area contributed by atoms with Gasteiger partial charge in [-0.1, -0.05) is 8.93 Å². The third kappa shape index (κ3) is 3.21. The van der Waals surface area contributed by atoms with E-state index in [9.17, 15) is 8.78 Å². The Balaban J connectivity index is 2.72. The van der Waals surface area contributed by atoms with Crippen molar-refractivity contribution in [3.05, 3.63) is 0 Å². The first-order valence-corrected chi connectivity index (χ1v) is 7.55. The first kappa shape index (κ1) is 14.5. The van der Waals surface area contributed by atoms with Gasteiger partial charge in [-0.05, 0) is 0 Å². The summed E-state index contributed by atoms with van der Waals surface area (Å²) in [4.78, 5) is 0. The average Bonchev–Trinajstić information content (AvgIpc) is 2.39. The molecule has 0 spiro atoms. The highest BCUT2D eigenvalue weighted by Gasteiger charge is 2.60. The molecule has 5 unspecified atom stereocenters. The largest absolute Gasteiger partial charge is 0.363 e. The number of rotatable bonds is 5. The van der Waals surface area contributed by atoms with E-state index < -0.39 is 24.4 Å². The minimum Gasteiger partial charge on any atom is -0.363 e. The summed E-state index contributed by atoms with van der Waals surface area (Å²) in [6.45, 7) is -0.000842. The van der Waals surface area contributed by atoms with Crippen molar-refractivity contribution >= 4 is 36.4 Å². The predicted molar refractivity (Wildman–Crippen MR) is 63.0 cm³/mol. The van der Waals surface area contributed by atoms with Gasteiger partial charge in [0.25, 0.3) is 0 Å². The molecule has 1 rings (SSSR count). The minimum absolute atomic E-state index is 0.000842. The van der Waals surface area contributed by atoms with Crippen LogP contribution in [0.4, 0.5) is 8.78 Å². The fourth-order valence-corrected chi connectivity index (χ4v) is 2.52. The van der Waals surface area contributed by atoms with E-state index in [1.165, 1.54) is 0 Å². The van der Waals surface area contributed by atoms with Crippen LogP contribution in [-0.2, 0) is 18.3 Å². The zero-order valence-electron chi connectivity index (χ0n) is 7.56. The van der Waals surface area contributed by atoms with Crippen LogP contribution in [0.15, 0.2) is 0 Å². The quantitative estimate of drug-likeness (QED) is 0.724. The van der Waals surface area contributed by atoms with E-state index in [2.05, 4.69) is 18.0 Å². The van der Waals surface area contributed by atoms with Gasteiger partial charge in [-0.25, -0.2) is 0 Å². The van der Waals surface area contributed by atoms with Crippen molar-refractivity contribution in [2.45, 2.75) is 24.4 Å². The number of halogens is 2. The Morgan fingerprint density at radius 3 is 2.53 bits per heavy atom. The molecule has 0 amide bonds. The summed E-state index contributed by atoms with van der Waals surface area (Å²) >= 11 is 0. The molecule has 1 aliphatic heterocycles. The Hall–Kier alpha value is 1.42. The summed E-state index contributed by atoms with van der Waals surface area (Å²) in [7, 11) is 5.85. The number of alkyl halides is 2. The zero-order valence-corrected chi connectivity index (χ0v) is 12.0. The molecule has 7 atom stereocenters. The van der Waals surface area contributed by atoms with E-state index >= 15 is 0 Å². The molecule has 0 radical (unpaired) electrons. The van der Waals surface area contributed by atoms with E-state index in [-0.39, 0.29) is 15.1 Å². The third-order valence-electron chi connectivity index (χ3n) is 1.91. The van der Waals surface area contributed by atoms with Gasteiger partial charge in [-0.3, -0.25) is 0 Å². The Labute approximate surface area is 95.0 Å². The molecule has 1 heterocycles. The molecule has 0 aliphatic carbocycles. The zero-order chi connectivity index (χ0) is 11.5. The fraction of sp³-hybridized carbons (Fsp3) is 1.00. The lowest BCUT2D eigenvalue weighted by Crippen LogP contribution is -2.41. The van der Waals surface area contributed by atoms with Crippen LogP contribution in [0.25, 0.3) is 0 Å². The summed E-state index contributed by atoms with van der Waals surface area (Å²) < 4.78 is 46.3. The van der Waals surface area contributed by atoms with Crippen molar-refractivity contribution in [2.24, 2.45) is 0 Å². The van der Waals surface area contributed by atoms with E-state index in [0.717, 1.165) is 0 Å². The highest BCUT2D eigenvalue weighted by atomic mass is 32.0. The summed E-state index contributed by atoms with van der Waals surface area (Å²) in [5.74, 6) is -3.18. The van der Waals surface area contributed by atoms with Crippen LogP contribution in [0, 0.1) is 0 Å². The van der Waals surface area contributed by atoms with Crippen LogP contribution in [0.1, 0.15) is 0 Å². The maximum atomic E-state index is 13.6. The summed E-state index contributed by atoms with van der Waals surface area (Å²) in [5, 5.41) is 0. The number of hydrogen-bond donors (Lipinski definition) is 0. The standard InChI is InChI=1S/C5H12F2O4P4/c6-5(7)3(10-13)2(1-8-12)9-4(5)11-15-14/h2-4,15H,1,12-14H2/t2-,3?,4+/m1/s1. The molecule has 90 valence electrons. The first-order chi connectivity index (χ1) is 7.07. The average molecular weight is 298 g/mol. The van der Waals surface area contributed by atoms with Crippen LogP contribution in [0.2, 0.25) is 0 Å². The summed E-state index contributed by atoms with van der Waals surface area (Å²) in [5.41, 5.74) is 0. The Morgan fingerprint density at radius 1 is 1.40 bits per heavy atom. The van der Waals surface area contributed by atoms with Gasteiger partial charge < -0.3 is 18.3 Å². The fourth-order valence-electron chi connectivity index (χ4n) is 1.27. The highest BCUT2D eigenvalue weighted by molar-refractivity contribution is 8.00. The van der Waals surface area contributed by atoms with Crippen LogP contribution in [0.5, 0.6) is 0 Å². The monoisotopic (exact) mass is 298 g/mol. The second-order valence-corrected chi connectivity index (χ2v) is 4.59. The minimum atomic E-state index is -3.18. The van der Waals surface area contributed by atoms with E-state index in [0.29, 0.717) is 0 Å². The van der Waals surface area contributed by atoms with E-state index in [4.69, 9.17) is 9.26 Å². The predicted octanol–water partition coefficient (Wildman–Crippen LogP) is 1.73. The van der Waals surface area contributed by atoms with Crippen LogP contribution >= 0.6 is 36.4 Å². The van der Waals surface area contributed by atoms with Gasteiger partial charge in [-0.2, -0.15) is 8.78 Å². The normalized spacial score (nSPS) is 35.4. The highest BCUT2D eigenvalue weighted by Crippen LogP contribution is 2.43. The van der Waals surface area contributed by atoms with Gasteiger partial charge in [0.15, 0.2) is 6.10 Å². The molecule has 4 nitrogen and oxygen atoms in total. The Bertz CT molecular complexity index is 209. The van der Waals surface area contributed by atoms with Crippen molar-refractivity contribution in [1.82, 2.24) is 0 Å². The Kier molecular flexibility index (Phi) is 6.16. The van der Waals surface area contributed by atoms with Gasteiger partial charge in [0.05, 0.1) is 6.61 Å². The molecule has 1 saturated heterocycles. The summed E-state index contributed by atoms with van der Waals surface area (Å²) in [6, 6.07) is 0. The topological polar surface area (TPSA) is 36.9 Å². The molecule has 1 fully saturated rings. The Morgan fingerprint density at radius 2 is 2.07 bits per heavy atom.